The van der Waals surface area contributed by atoms with Gasteiger partial charge in [-0.25, -0.2) is 4.79 Å². The second kappa shape index (κ2) is 8.98. The fourth-order valence-electron chi connectivity index (χ4n) is 3.35. The average molecular weight is 432 g/mol. The van der Waals surface area contributed by atoms with Gasteiger partial charge in [0.2, 0.25) is 0 Å². The first-order valence-electron chi connectivity index (χ1n) is 9.68. The summed E-state index contributed by atoms with van der Waals surface area (Å²) in [4.78, 5) is 40.0. The number of amides is 1. The molecule has 4 rings (SSSR count). The minimum Gasteiger partial charge on any atom is -0.448 e. The van der Waals surface area contributed by atoms with Gasteiger partial charge in [-0.1, -0.05) is 66.2 Å². The molecule has 0 bridgehead atoms. The van der Waals surface area contributed by atoms with E-state index in [9.17, 15) is 14.4 Å². The van der Waals surface area contributed by atoms with E-state index in [-0.39, 0.29) is 12.5 Å². The standard InChI is InChI=1S/C25H18ClNO4/c26-20-14-8-7-13-19(20)21-15-22(28)23(31-25(30)18-11-5-2-6-12-18)16-27(21)24(29)17-9-3-1-4-10-17/h1-15,23H,16H2. The zero-order chi connectivity index (χ0) is 21.8. The highest BCUT2D eigenvalue weighted by molar-refractivity contribution is 6.32. The van der Waals surface area contributed by atoms with Gasteiger partial charge in [0.15, 0.2) is 11.9 Å². The molecule has 0 aliphatic carbocycles. The summed E-state index contributed by atoms with van der Waals surface area (Å²) < 4.78 is 5.46. The van der Waals surface area contributed by atoms with Crippen LogP contribution < -0.4 is 0 Å². The van der Waals surface area contributed by atoms with Crippen LogP contribution in [0.15, 0.2) is 91.0 Å². The molecular formula is C25H18ClNO4. The molecule has 5 nitrogen and oxygen atoms in total. The van der Waals surface area contributed by atoms with Gasteiger partial charge in [0.1, 0.15) is 0 Å². The summed E-state index contributed by atoms with van der Waals surface area (Å²) in [7, 11) is 0. The molecule has 3 aromatic rings. The average Bonchev–Trinajstić information content (AvgIpc) is 2.81. The quantitative estimate of drug-likeness (QED) is 0.565. The molecule has 0 saturated heterocycles. The van der Waals surface area contributed by atoms with Gasteiger partial charge in [0, 0.05) is 22.2 Å². The van der Waals surface area contributed by atoms with E-state index in [1.807, 2.05) is 6.07 Å². The molecule has 3 aromatic carbocycles. The minimum atomic E-state index is -1.12. The summed E-state index contributed by atoms with van der Waals surface area (Å²) in [5.74, 6) is -1.35. The summed E-state index contributed by atoms with van der Waals surface area (Å²) in [6.07, 6.45) is 0.195. The van der Waals surface area contributed by atoms with Crippen LogP contribution in [0, 0.1) is 0 Å². The number of esters is 1. The van der Waals surface area contributed by atoms with Crippen molar-refractivity contribution in [1.29, 1.82) is 0 Å². The van der Waals surface area contributed by atoms with E-state index in [0.29, 0.717) is 27.4 Å². The van der Waals surface area contributed by atoms with Crippen LogP contribution in [-0.4, -0.2) is 35.2 Å². The van der Waals surface area contributed by atoms with Gasteiger partial charge in [0.05, 0.1) is 17.8 Å². The molecule has 1 aliphatic heterocycles. The topological polar surface area (TPSA) is 63.7 Å². The van der Waals surface area contributed by atoms with Crippen molar-refractivity contribution in [2.45, 2.75) is 6.10 Å². The summed E-state index contributed by atoms with van der Waals surface area (Å²) in [5.41, 5.74) is 1.70. The smallest absolute Gasteiger partial charge is 0.338 e. The number of hydrogen-bond acceptors (Lipinski definition) is 4. The van der Waals surface area contributed by atoms with Crippen LogP contribution in [0.4, 0.5) is 0 Å². The van der Waals surface area contributed by atoms with Crippen molar-refractivity contribution >= 4 is 35.0 Å². The summed E-state index contributed by atoms with van der Waals surface area (Å²) >= 11 is 6.35. The third-order valence-corrected chi connectivity index (χ3v) is 5.24. The SMILES string of the molecule is O=C(OC1CN(C(=O)c2ccccc2)C(c2ccccc2Cl)=CC1=O)c1ccccc1. The van der Waals surface area contributed by atoms with Gasteiger partial charge >= 0.3 is 5.97 Å². The predicted molar refractivity (Wildman–Crippen MR) is 118 cm³/mol. The van der Waals surface area contributed by atoms with Crippen molar-refractivity contribution in [2.75, 3.05) is 6.54 Å². The van der Waals surface area contributed by atoms with Crippen LogP contribution in [0.25, 0.3) is 5.70 Å². The Bertz CT molecular complexity index is 1160. The maximum atomic E-state index is 13.3. The maximum Gasteiger partial charge on any atom is 0.338 e. The van der Waals surface area contributed by atoms with Crippen LogP contribution >= 0.6 is 11.6 Å². The third kappa shape index (κ3) is 4.42. The first-order valence-corrected chi connectivity index (χ1v) is 10.1. The zero-order valence-electron chi connectivity index (χ0n) is 16.4. The number of halogens is 1. The molecule has 1 unspecified atom stereocenters. The lowest BCUT2D eigenvalue weighted by Crippen LogP contribution is -2.45. The van der Waals surface area contributed by atoms with Crippen LogP contribution in [0.5, 0.6) is 0 Å². The Balaban J connectivity index is 1.69. The number of ketones is 1. The summed E-state index contributed by atoms with van der Waals surface area (Å²) in [6, 6.07) is 24.1. The van der Waals surface area contributed by atoms with E-state index in [4.69, 9.17) is 16.3 Å². The van der Waals surface area contributed by atoms with E-state index < -0.39 is 17.9 Å². The number of ether oxygens (including phenoxy) is 1. The molecule has 0 radical (unpaired) electrons. The summed E-state index contributed by atoms with van der Waals surface area (Å²) in [5, 5.41) is 0.409. The van der Waals surface area contributed by atoms with Gasteiger partial charge in [-0.3, -0.25) is 9.59 Å². The largest absolute Gasteiger partial charge is 0.448 e. The number of rotatable bonds is 4. The third-order valence-electron chi connectivity index (χ3n) is 4.91. The van der Waals surface area contributed by atoms with Crippen molar-refractivity contribution in [3.63, 3.8) is 0 Å². The van der Waals surface area contributed by atoms with E-state index >= 15 is 0 Å². The zero-order valence-corrected chi connectivity index (χ0v) is 17.2. The first kappa shape index (κ1) is 20.6. The molecule has 1 heterocycles. The maximum absolute atomic E-state index is 13.3. The van der Waals surface area contributed by atoms with Crippen molar-refractivity contribution in [3.8, 4) is 0 Å². The number of hydrogen-bond donors (Lipinski definition) is 0. The number of carbonyl (C=O) groups excluding carboxylic acids is 3. The first-order chi connectivity index (χ1) is 15.0. The van der Waals surface area contributed by atoms with E-state index in [0.717, 1.165) is 0 Å². The fourth-order valence-corrected chi connectivity index (χ4v) is 3.58. The van der Waals surface area contributed by atoms with Gasteiger partial charge in [-0.15, -0.1) is 0 Å². The molecule has 1 amide bonds. The molecule has 0 spiro atoms. The van der Waals surface area contributed by atoms with Gasteiger partial charge < -0.3 is 9.64 Å². The number of carbonyl (C=O) groups is 3. The highest BCUT2D eigenvalue weighted by atomic mass is 35.5. The predicted octanol–water partition coefficient (Wildman–Crippen LogP) is 4.63. The Morgan fingerprint density at radius 1 is 0.839 bits per heavy atom. The molecule has 1 atom stereocenters. The number of nitrogens with zero attached hydrogens (tertiary/aromatic N) is 1. The van der Waals surface area contributed by atoms with Crippen LogP contribution in [0.1, 0.15) is 26.3 Å². The lowest BCUT2D eigenvalue weighted by atomic mass is 10.0. The van der Waals surface area contributed by atoms with Crippen molar-refractivity contribution in [1.82, 2.24) is 4.90 Å². The number of benzene rings is 3. The molecule has 6 heteroatoms. The Morgan fingerprint density at radius 2 is 1.42 bits per heavy atom. The molecule has 1 aliphatic rings. The minimum absolute atomic E-state index is 0.109. The van der Waals surface area contributed by atoms with Crippen LogP contribution in [-0.2, 0) is 9.53 Å². The Morgan fingerprint density at radius 3 is 2.06 bits per heavy atom. The Hall–Kier alpha value is -3.70. The fraction of sp³-hybridized carbons (Fsp3) is 0.0800. The molecule has 31 heavy (non-hydrogen) atoms. The second-order valence-corrected chi connectivity index (χ2v) is 7.36. The molecule has 0 fully saturated rings. The lowest BCUT2D eigenvalue weighted by molar-refractivity contribution is -0.123. The van der Waals surface area contributed by atoms with Crippen LogP contribution in [0.2, 0.25) is 5.02 Å². The van der Waals surface area contributed by atoms with Crippen molar-refractivity contribution in [3.05, 3.63) is 113 Å². The van der Waals surface area contributed by atoms with Crippen LogP contribution in [0.3, 0.4) is 0 Å². The summed E-state index contributed by atoms with van der Waals surface area (Å²) in [6.45, 7) is -0.109. The molecule has 154 valence electrons. The monoisotopic (exact) mass is 431 g/mol. The second-order valence-electron chi connectivity index (χ2n) is 6.95. The van der Waals surface area contributed by atoms with E-state index in [2.05, 4.69) is 0 Å². The van der Waals surface area contributed by atoms with Gasteiger partial charge in [-0.2, -0.15) is 0 Å². The molecule has 0 saturated carbocycles. The Kier molecular flexibility index (Phi) is 5.96. The lowest BCUT2D eigenvalue weighted by Gasteiger charge is -2.33. The highest BCUT2D eigenvalue weighted by Gasteiger charge is 2.35. The molecule has 0 aromatic heterocycles. The van der Waals surface area contributed by atoms with Gasteiger partial charge in [0.25, 0.3) is 5.91 Å². The van der Waals surface area contributed by atoms with E-state index in [1.54, 1.807) is 78.9 Å². The molecule has 0 N–H and O–H groups in total. The highest BCUT2D eigenvalue weighted by Crippen LogP contribution is 2.31. The van der Waals surface area contributed by atoms with Gasteiger partial charge in [-0.05, 0) is 30.3 Å². The van der Waals surface area contributed by atoms with E-state index in [1.165, 1.54) is 11.0 Å². The molecular weight excluding hydrogens is 414 g/mol. The Labute approximate surface area is 184 Å². The normalized spacial score (nSPS) is 15.9. The van der Waals surface area contributed by atoms with Crippen molar-refractivity contribution < 1.29 is 19.1 Å². The van der Waals surface area contributed by atoms with Crippen molar-refractivity contribution in [2.24, 2.45) is 0 Å².